The van der Waals surface area contributed by atoms with Crippen LogP contribution in [-0.4, -0.2) is 23.1 Å². The lowest BCUT2D eigenvalue weighted by atomic mass is 10.1. The monoisotopic (exact) mass is 268 g/mol. The van der Waals surface area contributed by atoms with Crippen molar-refractivity contribution in [1.82, 2.24) is 9.97 Å². The van der Waals surface area contributed by atoms with E-state index < -0.39 is 0 Å². The van der Waals surface area contributed by atoms with E-state index in [1.54, 1.807) is 0 Å². The second-order valence-electron chi connectivity index (χ2n) is 5.28. The topological polar surface area (TPSA) is 41.1 Å². The number of aromatic nitrogens is 2. The summed E-state index contributed by atoms with van der Waals surface area (Å²) in [7, 11) is 0. The molecule has 0 amide bonds. The fraction of sp³-hybridized carbons (Fsp3) is 0.375. The van der Waals surface area contributed by atoms with Gasteiger partial charge in [0.2, 0.25) is 5.95 Å². The fourth-order valence-corrected chi connectivity index (χ4v) is 2.53. The van der Waals surface area contributed by atoms with E-state index in [0.717, 1.165) is 31.4 Å². The summed E-state index contributed by atoms with van der Waals surface area (Å²) in [5, 5.41) is 3.37. The van der Waals surface area contributed by atoms with Gasteiger partial charge in [-0.05, 0) is 31.4 Å². The van der Waals surface area contributed by atoms with Crippen LogP contribution in [0.25, 0.3) is 0 Å². The van der Waals surface area contributed by atoms with E-state index in [-0.39, 0.29) is 0 Å². The predicted octanol–water partition coefficient (Wildman–Crippen LogP) is 3.00. The molecule has 4 nitrogen and oxygen atoms in total. The van der Waals surface area contributed by atoms with Crippen LogP contribution in [0.4, 0.5) is 11.8 Å². The van der Waals surface area contributed by atoms with Gasteiger partial charge < -0.3 is 10.2 Å². The first-order valence-corrected chi connectivity index (χ1v) is 7.19. The van der Waals surface area contributed by atoms with Gasteiger partial charge in [-0.3, -0.25) is 0 Å². The van der Waals surface area contributed by atoms with E-state index in [9.17, 15) is 0 Å². The van der Waals surface area contributed by atoms with Crippen LogP contribution in [0.1, 0.15) is 24.0 Å². The summed E-state index contributed by atoms with van der Waals surface area (Å²) in [6, 6.07) is 10.4. The highest BCUT2D eigenvalue weighted by atomic mass is 15.3. The third-order valence-corrected chi connectivity index (χ3v) is 3.59. The molecule has 0 aliphatic carbocycles. The Bertz CT molecular complexity index is 576. The lowest BCUT2D eigenvalue weighted by Gasteiger charge is -2.15. The van der Waals surface area contributed by atoms with Gasteiger partial charge in [-0.15, -0.1) is 0 Å². The first-order chi connectivity index (χ1) is 9.81. The fourth-order valence-electron chi connectivity index (χ4n) is 2.53. The number of aryl methyl sites for hydroxylation is 1. The van der Waals surface area contributed by atoms with Crippen molar-refractivity contribution in [1.29, 1.82) is 0 Å². The SMILES string of the molecule is Cc1cccc(CNc2ccnc(N3CCCC3)n2)c1. The highest BCUT2D eigenvalue weighted by Crippen LogP contribution is 2.17. The molecular weight excluding hydrogens is 248 g/mol. The molecule has 1 fully saturated rings. The van der Waals surface area contributed by atoms with E-state index in [1.165, 1.54) is 24.0 Å². The van der Waals surface area contributed by atoms with Gasteiger partial charge in [0.25, 0.3) is 0 Å². The van der Waals surface area contributed by atoms with Crippen molar-refractivity contribution in [3.8, 4) is 0 Å². The maximum absolute atomic E-state index is 4.60. The van der Waals surface area contributed by atoms with E-state index in [0.29, 0.717) is 0 Å². The summed E-state index contributed by atoms with van der Waals surface area (Å²) >= 11 is 0. The minimum atomic E-state index is 0.790. The summed E-state index contributed by atoms with van der Waals surface area (Å²) in [5.41, 5.74) is 2.55. The molecule has 0 saturated carbocycles. The summed E-state index contributed by atoms with van der Waals surface area (Å²) < 4.78 is 0. The Morgan fingerprint density at radius 3 is 2.85 bits per heavy atom. The molecule has 0 radical (unpaired) electrons. The van der Waals surface area contributed by atoms with Gasteiger partial charge in [-0.1, -0.05) is 29.8 Å². The molecule has 1 aliphatic rings. The molecule has 1 aromatic heterocycles. The average Bonchev–Trinajstić information content (AvgIpc) is 3.00. The molecule has 3 rings (SSSR count). The minimum absolute atomic E-state index is 0.790. The molecule has 0 bridgehead atoms. The zero-order chi connectivity index (χ0) is 13.8. The molecule has 2 heterocycles. The van der Waals surface area contributed by atoms with Gasteiger partial charge in [0, 0.05) is 25.8 Å². The van der Waals surface area contributed by atoms with Crippen LogP contribution in [0.5, 0.6) is 0 Å². The van der Waals surface area contributed by atoms with Crippen molar-refractivity contribution in [2.24, 2.45) is 0 Å². The Balaban J connectivity index is 1.66. The van der Waals surface area contributed by atoms with E-state index >= 15 is 0 Å². The Labute approximate surface area is 119 Å². The van der Waals surface area contributed by atoms with Crippen molar-refractivity contribution >= 4 is 11.8 Å². The van der Waals surface area contributed by atoms with Gasteiger partial charge in [0.1, 0.15) is 5.82 Å². The van der Waals surface area contributed by atoms with E-state index in [4.69, 9.17) is 0 Å². The molecule has 1 aromatic carbocycles. The largest absolute Gasteiger partial charge is 0.366 e. The summed E-state index contributed by atoms with van der Waals surface area (Å²) in [6.07, 6.45) is 4.31. The van der Waals surface area contributed by atoms with Crippen molar-refractivity contribution in [3.63, 3.8) is 0 Å². The number of nitrogens with zero attached hydrogens (tertiary/aromatic N) is 3. The quantitative estimate of drug-likeness (QED) is 0.925. The number of hydrogen-bond donors (Lipinski definition) is 1. The first kappa shape index (κ1) is 12.9. The number of rotatable bonds is 4. The Morgan fingerprint density at radius 2 is 2.05 bits per heavy atom. The third-order valence-electron chi connectivity index (χ3n) is 3.59. The van der Waals surface area contributed by atoms with Gasteiger partial charge in [-0.25, -0.2) is 4.98 Å². The number of hydrogen-bond acceptors (Lipinski definition) is 4. The second-order valence-corrected chi connectivity index (χ2v) is 5.28. The normalized spacial score (nSPS) is 14.6. The van der Waals surface area contributed by atoms with Crippen molar-refractivity contribution in [2.75, 3.05) is 23.3 Å². The maximum Gasteiger partial charge on any atom is 0.227 e. The highest BCUT2D eigenvalue weighted by molar-refractivity contribution is 5.42. The molecule has 20 heavy (non-hydrogen) atoms. The molecular formula is C16H20N4. The summed E-state index contributed by atoms with van der Waals surface area (Å²) in [4.78, 5) is 11.2. The molecule has 0 atom stereocenters. The number of anilines is 2. The Morgan fingerprint density at radius 1 is 1.20 bits per heavy atom. The molecule has 1 N–H and O–H groups in total. The summed E-state index contributed by atoms with van der Waals surface area (Å²) in [6.45, 7) is 5.04. The Hall–Kier alpha value is -2.10. The maximum atomic E-state index is 4.60. The number of nitrogens with one attached hydrogen (secondary N) is 1. The van der Waals surface area contributed by atoms with Crippen molar-refractivity contribution < 1.29 is 0 Å². The zero-order valence-electron chi connectivity index (χ0n) is 11.8. The molecule has 0 spiro atoms. The van der Waals surface area contributed by atoms with Crippen LogP contribution < -0.4 is 10.2 Å². The molecule has 1 aliphatic heterocycles. The molecule has 2 aromatic rings. The van der Waals surface area contributed by atoms with Crippen LogP contribution in [0.3, 0.4) is 0 Å². The van der Waals surface area contributed by atoms with E-state index in [1.807, 2.05) is 12.3 Å². The highest BCUT2D eigenvalue weighted by Gasteiger charge is 2.14. The van der Waals surface area contributed by atoms with Crippen LogP contribution in [0.15, 0.2) is 36.5 Å². The van der Waals surface area contributed by atoms with Crippen LogP contribution in [0, 0.1) is 6.92 Å². The second kappa shape index (κ2) is 5.90. The van der Waals surface area contributed by atoms with Crippen LogP contribution in [0.2, 0.25) is 0 Å². The van der Waals surface area contributed by atoms with Gasteiger partial charge in [-0.2, -0.15) is 4.98 Å². The number of benzene rings is 1. The molecule has 0 unspecified atom stereocenters. The van der Waals surface area contributed by atoms with Crippen LogP contribution >= 0.6 is 0 Å². The zero-order valence-corrected chi connectivity index (χ0v) is 11.8. The predicted molar refractivity (Wildman–Crippen MR) is 82.0 cm³/mol. The van der Waals surface area contributed by atoms with Crippen molar-refractivity contribution in [2.45, 2.75) is 26.3 Å². The standard InChI is InChI=1S/C16H20N4/c1-13-5-4-6-14(11-13)12-18-15-7-8-17-16(19-15)20-9-2-3-10-20/h4-8,11H,2-3,9-10,12H2,1H3,(H,17,18,19). The van der Waals surface area contributed by atoms with Gasteiger partial charge in [0.05, 0.1) is 0 Å². The third kappa shape index (κ3) is 3.07. The summed E-state index contributed by atoms with van der Waals surface area (Å²) in [5.74, 6) is 1.74. The minimum Gasteiger partial charge on any atom is -0.366 e. The lowest BCUT2D eigenvalue weighted by molar-refractivity contribution is 0.896. The lowest BCUT2D eigenvalue weighted by Crippen LogP contribution is -2.20. The van der Waals surface area contributed by atoms with E-state index in [2.05, 4.69) is 51.4 Å². The smallest absolute Gasteiger partial charge is 0.227 e. The van der Waals surface area contributed by atoms with Gasteiger partial charge >= 0.3 is 0 Å². The molecule has 4 heteroatoms. The average molecular weight is 268 g/mol. The first-order valence-electron chi connectivity index (χ1n) is 7.19. The van der Waals surface area contributed by atoms with Crippen molar-refractivity contribution in [3.05, 3.63) is 47.7 Å². The molecule has 104 valence electrons. The van der Waals surface area contributed by atoms with Crippen LogP contribution in [-0.2, 0) is 6.54 Å². The van der Waals surface area contributed by atoms with Gasteiger partial charge in [0.15, 0.2) is 0 Å². The molecule has 1 saturated heterocycles. The Kier molecular flexibility index (Phi) is 3.81.